The molecule has 1 aliphatic heterocycles. The van der Waals surface area contributed by atoms with Crippen molar-refractivity contribution in [3.63, 3.8) is 0 Å². The summed E-state index contributed by atoms with van der Waals surface area (Å²) < 4.78 is 37.8. The van der Waals surface area contributed by atoms with Gasteiger partial charge in [-0.15, -0.1) is 0 Å². The van der Waals surface area contributed by atoms with Crippen molar-refractivity contribution >= 4 is 0 Å². The first-order chi connectivity index (χ1) is 7.81. The van der Waals surface area contributed by atoms with Gasteiger partial charge in [0.25, 0.3) is 0 Å². The molecule has 2 rings (SSSR count). The zero-order valence-corrected chi connectivity index (χ0v) is 9.51. The summed E-state index contributed by atoms with van der Waals surface area (Å²) in [7, 11) is 0. The number of rotatable bonds is 1. The van der Waals surface area contributed by atoms with Gasteiger partial charge in [0.2, 0.25) is 0 Å². The highest BCUT2D eigenvalue weighted by molar-refractivity contribution is 5.32. The second kappa shape index (κ2) is 3.99. The molecule has 1 aliphatic rings. The fourth-order valence-electron chi connectivity index (χ4n) is 2.27. The third kappa shape index (κ3) is 2.45. The van der Waals surface area contributed by atoms with Crippen molar-refractivity contribution in [2.45, 2.75) is 24.6 Å². The van der Waals surface area contributed by atoms with Gasteiger partial charge in [-0.2, -0.15) is 13.2 Å². The molecule has 1 heterocycles. The van der Waals surface area contributed by atoms with Crippen molar-refractivity contribution < 1.29 is 13.2 Å². The maximum absolute atomic E-state index is 12.6. The average Bonchev–Trinajstić information content (AvgIpc) is 2.57. The van der Waals surface area contributed by atoms with Gasteiger partial charge in [0.15, 0.2) is 0 Å². The molecule has 2 atom stereocenters. The lowest BCUT2D eigenvalue weighted by Gasteiger charge is -2.26. The molecular formula is C12H15F3N2. The highest BCUT2D eigenvalue weighted by atomic mass is 19.4. The molecule has 0 spiro atoms. The lowest BCUT2D eigenvalue weighted by Crippen LogP contribution is -2.43. The van der Waals surface area contributed by atoms with Crippen LogP contribution in [0.2, 0.25) is 0 Å². The van der Waals surface area contributed by atoms with E-state index in [0.717, 1.165) is 6.07 Å². The minimum absolute atomic E-state index is 0.0789. The Bertz CT molecular complexity index is 412. The standard InChI is InChI=1S/C12H15F3N2/c1-11(16)7-17-6-10(11)8-3-2-4-9(5-8)12(13,14)15/h2-5,10,17H,6-7,16H2,1H3/t10-,11+/m0/s1. The molecule has 17 heavy (non-hydrogen) atoms. The van der Waals surface area contributed by atoms with E-state index in [-0.39, 0.29) is 5.92 Å². The molecule has 0 aromatic heterocycles. The van der Waals surface area contributed by atoms with Crippen LogP contribution in [0, 0.1) is 0 Å². The van der Waals surface area contributed by atoms with E-state index in [1.807, 2.05) is 6.92 Å². The molecule has 1 aromatic rings. The van der Waals surface area contributed by atoms with Gasteiger partial charge in [0.1, 0.15) is 0 Å². The Kier molecular flexibility index (Phi) is 2.91. The molecule has 0 bridgehead atoms. The lowest BCUT2D eigenvalue weighted by atomic mass is 9.84. The van der Waals surface area contributed by atoms with Crippen molar-refractivity contribution in [2.75, 3.05) is 13.1 Å². The summed E-state index contributed by atoms with van der Waals surface area (Å²) in [6.07, 6.45) is -4.30. The second-order valence-electron chi connectivity index (χ2n) is 4.81. The van der Waals surface area contributed by atoms with Gasteiger partial charge < -0.3 is 11.1 Å². The van der Waals surface area contributed by atoms with Crippen LogP contribution >= 0.6 is 0 Å². The summed E-state index contributed by atoms with van der Waals surface area (Å²) >= 11 is 0. The molecule has 2 nitrogen and oxygen atoms in total. The smallest absolute Gasteiger partial charge is 0.324 e. The molecule has 0 amide bonds. The summed E-state index contributed by atoms with van der Waals surface area (Å²) in [6.45, 7) is 3.10. The number of nitrogens with two attached hydrogens (primary N) is 1. The van der Waals surface area contributed by atoms with Crippen LogP contribution in [0.15, 0.2) is 24.3 Å². The predicted molar refractivity (Wildman–Crippen MR) is 59.6 cm³/mol. The first-order valence-corrected chi connectivity index (χ1v) is 5.47. The Balaban J connectivity index is 2.34. The maximum atomic E-state index is 12.6. The molecule has 1 aromatic carbocycles. The molecule has 94 valence electrons. The van der Waals surface area contributed by atoms with Crippen molar-refractivity contribution in [2.24, 2.45) is 5.73 Å². The van der Waals surface area contributed by atoms with Crippen LogP contribution in [0.5, 0.6) is 0 Å². The van der Waals surface area contributed by atoms with Crippen LogP contribution in [-0.4, -0.2) is 18.6 Å². The van der Waals surface area contributed by atoms with E-state index in [0.29, 0.717) is 18.7 Å². The zero-order chi connectivity index (χ0) is 12.7. The Morgan fingerprint density at radius 1 is 1.41 bits per heavy atom. The minimum atomic E-state index is -4.30. The Morgan fingerprint density at radius 2 is 2.12 bits per heavy atom. The molecular weight excluding hydrogens is 229 g/mol. The van der Waals surface area contributed by atoms with Gasteiger partial charge in [-0.25, -0.2) is 0 Å². The van der Waals surface area contributed by atoms with E-state index in [1.54, 1.807) is 6.07 Å². The Morgan fingerprint density at radius 3 is 2.65 bits per heavy atom. The van der Waals surface area contributed by atoms with E-state index in [1.165, 1.54) is 12.1 Å². The number of alkyl halides is 3. The minimum Gasteiger partial charge on any atom is -0.324 e. The third-order valence-electron chi connectivity index (χ3n) is 3.27. The van der Waals surface area contributed by atoms with Crippen molar-refractivity contribution in [3.8, 4) is 0 Å². The average molecular weight is 244 g/mol. The van der Waals surface area contributed by atoms with Gasteiger partial charge in [0.05, 0.1) is 5.56 Å². The largest absolute Gasteiger partial charge is 0.416 e. The SMILES string of the molecule is C[C@@]1(N)CNC[C@H]1c1cccc(C(F)(F)F)c1. The van der Waals surface area contributed by atoms with Crippen LogP contribution in [-0.2, 0) is 6.18 Å². The predicted octanol–water partition coefficient (Wildman–Crippen LogP) is 2.11. The summed E-state index contributed by atoms with van der Waals surface area (Å²) in [4.78, 5) is 0. The number of hydrogen-bond acceptors (Lipinski definition) is 2. The second-order valence-corrected chi connectivity index (χ2v) is 4.81. The molecule has 1 fully saturated rings. The van der Waals surface area contributed by atoms with E-state index < -0.39 is 17.3 Å². The summed E-state index contributed by atoms with van der Waals surface area (Å²) in [5.74, 6) is -0.0789. The first-order valence-electron chi connectivity index (χ1n) is 5.47. The third-order valence-corrected chi connectivity index (χ3v) is 3.27. The number of nitrogens with one attached hydrogen (secondary N) is 1. The zero-order valence-electron chi connectivity index (χ0n) is 9.51. The molecule has 5 heteroatoms. The molecule has 0 unspecified atom stereocenters. The van der Waals surface area contributed by atoms with Crippen LogP contribution in [0.4, 0.5) is 13.2 Å². The van der Waals surface area contributed by atoms with Crippen LogP contribution in [0.1, 0.15) is 24.0 Å². The molecule has 0 radical (unpaired) electrons. The monoisotopic (exact) mass is 244 g/mol. The molecule has 0 saturated carbocycles. The highest BCUT2D eigenvalue weighted by Gasteiger charge is 2.37. The van der Waals surface area contributed by atoms with Crippen molar-refractivity contribution in [1.29, 1.82) is 0 Å². The van der Waals surface area contributed by atoms with Gasteiger partial charge in [-0.05, 0) is 18.6 Å². The van der Waals surface area contributed by atoms with Gasteiger partial charge in [0, 0.05) is 24.5 Å². The summed E-state index contributed by atoms with van der Waals surface area (Å²) in [6, 6.07) is 5.42. The van der Waals surface area contributed by atoms with E-state index >= 15 is 0 Å². The van der Waals surface area contributed by atoms with Gasteiger partial charge in [-0.1, -0.05) is 18.2 Å². The fraction of sp³-hybridized carbons (Fsp3) is 0.500. The Hall–Kier alpha value is -1.07. The van der Waals surface area contributed by atoms with E-state index in [2.05, 4.69) is 5.32 Å². The number of benzene rings is 1. The lowest BCUT2D eigenvalue weighted by molar-refractivity contribution is -0.137. The van der Waals surface area contributed by atoms with Gasteiger partial charge >= 0.3 is 6.18 Å². The maximum Gasteiger partial charge on any atom is 0.416 e. The molecule has 0 aliphatic carbocycles. The summed E-state index contributed by atoms with van der Waals surface area (Å²) in [5, 5.41) is 3.11. The van der Waals surface area contributed by atoms with E-state index in [4.69, 9.17) is 5.73 Å². The summed E-state index contributed by atoms with van der Waals surface area (Å²) in [5.41, 5.74) is 5.61. The molecule has 3 N–H and O–H groups in total. The van der Waals surface area contributed by atoms with Crippen LogP contribution < -0.4 is 11.1 Å². The van der Waals surface area contributed by atoms with Gasteiger partial charge in [-0.3, -0.25) is 0 Å². The fourth-order valence-corrected chi connectivity index (χ4v) is 2.27. The number of hydrogen-bond donors (Lipinski definition) is 2. The van der Waals surface area contributed by atoms with Crippen LogP contribution in [0.25, 0.3) is 0 Å². The van der Waals surface area contributed by atoms with Crippen LogP contribution in [0.3, 0.4) is 0 Å². The molecule has 1 saturated heterocycles. The topological polar surface area (TPSA) is 38.0 Å². The van der Waals surface area contributed by atoms with E-state index in [9.17, 15) is 13.2 Å². The first kappa shape index (κ1) is 12.4. The van der Waals surface area contributed by atoms with Crippen molar-refractivity contribution in [3.05, 3.63) is 35.4 Å². The number of halogens is 3. The highest BCUT2D eigenvalue weighted by Crippen LogP contribution is 2.34. The normalized spacial score (nSPS) is 29.6. The quantitative estimate of drug-likeness (QED) is 0.794. The van der Waals surface area contributed by atoms with Crippen molar-refractivity contribution in [1.82, 2.24) is 5.32 Å². The Labute approximate surface area is 98.0 Å².